The van der Waals surface area contributed by atoms with Crippen LogP contribution in [0.3, 0.4) is 0 Å². The van der Waals surface area contributed by atoms with E-state index in [0.29, 0.717) is 12.2 Å². The van der Waals surface area contributed by atoms with Crippen molar-refractivity contribution in [2.45, 2.75) is 98.2 Å². The summed E-state index contributed by atoms with van der Waals surface area (Å²) in [6.07, 6.45) is 12.0. The largest absolute Gasteiger partial charge is 0.375 e. The Hall–Kier alpha value is -0.820. The van der Waals surface area contributed by atoms with Crippen LogP contribution in [-0.4, -0.2) is 12.2 Å². The Balaban J connectivity index is 0.000000671. The van der Waals surface area contributed by atoms with Crippen LogP contribution in [0.5, 0.6) is 0 Å². The normalized spacial score (nSPS) is 27.5. The van der Waals surface area contributed by atoms with Crippen LogP contribution in [0.2, 0.25) is 0 Å². The van der Waals surface area contributed by atoms with Crippen LogP contribution < -0.4 is 0 Å². The molecule has 1 aromatic rings. The molecule has 24 heavy (non-hydrogen) atoms. The number of ether oxygens (including phenoxy) is 1. The molecule has 4 atom stereocenters. The topological polar surface area (TPSA) is 9.23 Å². The molecule has 2 unspecified atom stereocenters. The first-order valence-electron chi connectivity index (χ1n) is 10.5. The van der Waals surface area contributed by atoms with Crippen molar-refractivity contribution in [1.82, 2.24) is 0 Å². The van der Waals surface area contributed by atoms with E-state index in [2.05, 4.69) is 37.3 Å². The van der Waals surface area contributed by atoms with Gasteiger partial charge >= 0.3 is 0 Å². The summed E-state index contributed by atoms with van der Waals surface area (Å²) in [5.41, 5.74) is 1.49. The van der Waals surface area contributed by atoms with Crippen molar-refractivity contribution in [3.8, 4) is 0 Å². The SMILES string of the molecule is CC.CC.CC1C[C@@H]2C(CCCCCc3ccccc3)CC[C@@H]2O1. The molecule has 0 bridgehead atoms. The summed E-state index contributed by atoms with van der Waals surface area (Å²) >= 11 is 0. The molecular weight excluding hydrogens is 292 g/mol. The second-order valence-corrected chi connectivity index (χ2v) is 6.81. The predicted molar refractivity (Wildman–Crippen MR) is 106 cm³/mol. The van der Waals surface area contributed by atoms with Crippen molar-refractivity contribution in [1.29, 1.82) is 0 Å². The lowest BCUT2D eigenvalue weighted by molar-refractivity contribution is 0.0501. The maximum atomic E-state index is 6.00. The number of unbranched alkanes of at least 4 members (excludes halogenated alkanes) is 2. The van der Waals surface area contributed by atoms with Gasteiger partial charge in [0.2, 0.25) is 0 Å². The number of hydrogen-bond donors (Lipinski definition) is 0. The molecule has 138 valence electrons. The maximum Gasteiger partial charge on any atom is 0.0610 e. The van der Waals surface area contributed by atoms with Gasteiger partial charge in [0.15, 0.2) is 0 Å². The Morgan fingerprint density at radius 3 is 2.33 bits per heavy atom. The van der Waals surface area contributed by atoms with Crippen molar-refractivity contribution >= 4 is 0 Å². The van der Waals surface area contributed by atoms with Crippen LogP contribution in [0.15, 0.2) is 30.3 Å². The molecule has 1 nitrogen and oxygen atoms in total. The van der Waals surface area contributed by atoms with Crippen molar-refractivity contribution in [3.05, 3.63) is 35.9 Å². The summed E-state index contributed by atoms with van der Waals surface area (Å²) in [6.45, 7) is 10.2. The van der Waals surface area contributed by atoms with E-state index < -0.39 is 0 Å². The highest BCUT2D eigenvalue weighted by Gasteiger charge is 2.42. The van der Waals surface area contributed by atoms with E-state index >= 15 is 0 Å². The number of rotatable bonds is 6. The highest BCUT2D eigenvalue weighted by Crippen LogP contribution is 2.45. The third kappa shape index (κ3) is 6.59. The number of aryl methyl sites for hydroxylation is 1. The van der Waals surface area contributed by atoms with Crippen LogP contribution in [0.4, 0.5) is 0 Å². The van der Waals surface area contributed by atoms with Gasteiger partial charge < -0.3 is 4.74 Å². The van der Waals surface area contributed by atoms with Crippen molar-refractivity contribution in [2.75, 3.05) is 0 Å². The van der Waals surface area contributed by atoms with Gasteiger partial charge in [-0.25, -0.2) is 0 Å². The summed E-state index contributed by atoms with van der Waals surface area (Å²) in [5.74, 6) is 1.85. The molecule has 1 aromatic carbocycles. The summed E-state index contributed by atoms with van der Waals surface area (Å²) < 4.78 is 6.00. The first-order valence-corrected chi connectivity index (χ1v) is 10.5. The molecule has 1 heterocycles. The predicted octanol–water partition coefficient (Wildman–Crippen LogP) is 7.05. The molecule has 2 aliphatic rings. The molecule has 0 spiro atoms. The summed E-state index contributed by atoms with van der Waals surface area (Å²) in [5, 5.41) is 0. The fourth-order valence-electron chi connectivity index (χ4n) is 4.28. The zero-order chi connectivity index (χ0) is 17.8. The van der Waals surface area contributed by atoms with Crippen molar-refractivity contribution < 1.29 is 4.74 Å². The van der Waals surface area contributed by atoms with E-state index in [1.807, 2.05) is 27.7 Å². The molecular formula is C23H40O. The number of hydrogen-bond acceptors (Lipinski definition) is 1. The standard InChI is InChI=1S/C19H28O.2C2H6/c1-15-14-18-17(12-13-19(18)20-15)11-7-3-6-10-16-8-4-2-5-9-16;2*1-2/h2,4-5,8-9,15,17-19H,3,6-7,10-14H2,1H3;2*1-2H3/t15?,17?,18-,19+;;/m1../s1. The Morgan fingerprint density at radius 2 is 1.62 bits per heavy atom. The third-order valence-corrected chi connectivity index (χ3v) is 5.30. The van der Waals surface area contributed by atoms with Crippen LogP contribution in [0.25, 0.3) is 0 Å². The van der Waals surface area contributed by atoms with Crippen molar-refractivity contribution in [2.24, 2.45) is 11.8 Å². The highest BCUT2D eigenvalue weighted by molar-refractivity contribution is 5.14. The molecule has 0 aromatic heterocycles. The maximum absolute atomic E-state index is 6.00. The fourth-order valence-corrected chi connectivity index (χ4v) is 4.28. The first-order chi connectivity index (χ1) is 11.8. The smallest absolute Gasteiger partial charge is 0.0610 e. The third-order valence-electron chi connectivity index (χ3n) is 5.30. The lowest BCUT2D eigenvalue weighted by Gasteiger charge is -2.17. The second kappa shape index (κ2) is 12.5. The Kier molecular flexibility index (Phi) is 11.1. The van der Waals surface area contributed by atoms with Crippen LogP contribution in [0, 0.1) is 11.8 Å². The molecule has 1 heteroatoms. The average molecular weight is 333 g/mol. The summed E-state index contributed by atoms with van der Waals surface area (Å²) in [7, 11) is 0. The van der Waals surface area contributed by atoms with E-state index in [-0.39, 0.29) is 0 Å². The average Bonchev–Trinajstić information content (AvgIpc) is 3.19. The summed E-state index contributed by atoms with van der Waals surface area (Å²) in [4.78, 5) is 0. The molecule has 0 amide bonds. The molecule has 1 aliphatic heterocycles. The quantitative estimate of drug-likeness (QED) is 0.507. The Labute approximate surface area is 151 Å². The van der Waals surface area contributed by atoms with E-state index in [1.54, 1.807) is 0 Å². The summed E-state index contributed by atoms with van der Waals surface area (Å²) in [6, 6.07) is 10.9. The van der Waals surface area contributed by atoms with Gasteiger partial charge in [0.25, 0.3) is 0 Å². The number of fused-ring (bicyclic) bond motifs is 1. The molecule has 1 saturated heterocycles. The molecule has 0 radical (unpaired) electrons. The van der Waals surface area contributed by atoms with E-state index in [9.17, 15) is 0 Å². The molecule has 1 aliphatic carbocycles. The van der Waals surface area contributed by atoms with Gasteiger partial charge in [-0.05, 0) is 56.4 Å². The zero-order valence-corrected chi connectivity index (χ0v) is 16.8. The molecule has 3 rings (SSSR count). The van der Waals surface area contributed by atoms with E-state index in [0.717, 1.165) is 11.8 Å². The minimum absolute atomic E-state index is 0.519. The van der Waals surface area contributed by atoms with Gasteiger partial charge in [0.1, 0.15) is 0 Å². The lowest BCUT2D eigenvalue weighted by atomic mass is 9.87. The lowest BCUT2D eigenvalue weighted by Crippen LogP contribution is -2.13. The van der Waals surface area contributed by atoms with Gasteiger partial charge in [-0.15, -0.1) is 0 Å². The number of benzene rings is 1. The Bertz CT molecular complexity index is 400. The molecule has 0 N–H and O–H groups in total. The van der Waals surface area contributed by atoms with Gasteiger partial charge in [0.05, 0.1) is 12.2 Å². The zero-order valence-electron chi connectivity index (χ0n) is 16.8. The van der Waals surface area contributed by atoms with Crippen LogP contribution >= 0.6 is 0 Å². The minimum atomic E-state index is 0.519. The minimum Gasteiger partial charge on any atom is -0.375 e. The highest BCUT2D eigenvalue weighted by atomic mass is 16.5. The van der Waals surface area contributed by atoms with Crippen molar-refractivity contribution in [3.63, 3.8) is 0 Å². The van der Waals surface area contributed by atoms with Gasteiger partial charge in [-0.2, -0.15) is 0 Å². The fraction of sp³-hybridized carbons (Fsp3) is 0.739. The van der Waals surface area contributed by atoms with E-state index in [4.69, 9.17) is 4.74 Å². The first kappa shape index (κ1) is 21.2. The molecule has 1 saturated carbocycles. The van der Waals surface area contributed by atoms with E-state index in [1.165, 1.54) is 56.9 Å². The molecule has 2 fully saturated rings. The van der Waals surface area contributed by atoms with Gasteiger partial charge in [-0.1, -0.05) is 77.3 Å². The van der Waals surface area contributed by atoms with Gasteiger partial charge in [-0.3, -0.25) is 0 Å². The second-order valence-electron chi connectivity index (χ2n) is 6.81. The Morgan fingerprint density at radius 1 is 0.917 bits per heavy atom. The monoisotopic (exact) mass is 332 g/mol. The van der Waals surface area contributed by atoms with Crippen LogP contribution in [-0.2, 0) is 11.2 Å². The van der Waals surface area contributed by atoms with Crippen LogP contribution in [0.1, 0.15) is 85.1 Å². The van der Waals surface area contributed by atoms with Gasteiger partial charge in [0, 0.05) is 0 Å².